The molecular weight excluding hydrogens is 184 g/mol. The minimum absolute atomic E-state index is 0.310. The largest absolute Gasteiger partial charge is 0.374 e. The van der Waals surface area contributed by atoms with E-state index in [0.29, 0.717) is 6.10 Å². The maximum absolute atomic E-state index is 5.48. The fourth-order valence-corrected chi connectivity index (χ4v) is 2.00. The van der Waals surface area contributed by atoms with E-state index in [-0.39, 0.29) is 0 Å². The van der Waals surface area contributed by atoms with Gasteiger partial charge in [-0.25, -0.2) is 0 Å². The highest BCUT2D eigenvalue weighted by atomic mass is 16.5. The number of benzene rings is 1. The van der Waals surface area contributed by atoms with E-state index in [1.807, 2.05) is 0 Å². The molecule has 0 amide bonds. The molecule has 1 nitrogen and oxygen atoms in total. The zero-order chi connectivity index (χ0) is 10.5. The molecule has 0 aromatic heterocycles. The quantitative estimate of drug-likeness (QED) is 0.683. The van der Waals surface area contributed by atoms with Crippen molar-refractivity contribution in [1.82, 2.24) is 0 Å². The molecule has 1 heteroatoms. The summed E-state index contributed by atoms with van der Waals surface area (Å²) < 4.78 is 5.48. The van der Waals surface area contributed by atoms with Gasteiger partial charge in [0.05, 0.1) is 12.7 Å². The van der Waals surface area contributed by atoms with Gasteiger partial charge in [-0.3, -0.25) is 0 Å². The Morgan fingerprint density at radius 3 is 2.73 bits per heavy atom. The predicted molar refractivity (Wildman–Crippen MR) is 62.9 cm³/mol. The third-order valence-electron chi connectivity index (χ3n) is 2.85. The van der Waals surface area contributed by atoms with Gasteiger partial charge in [-0.1, -0.05) is 42.0 Å². The number of hydrogen-bond donors (Lipinski definition) is 0. The van der Waals surface area contributed by atoms with E-state index in [9.17, 15) is 0 Å². The predicted octanol–water partition coefficient (Wildman–Crippen LogP) is 3.35. The van der Waals surface area contributed by atoms with E-state index in [1.165, 1.54) is 12.0 Å². The Bertz CT molecular complexity index is 326. The van der Waals surface area contributed by atoms with Gasteiger partial charge >= 0.3 is 0 Å². The highest BCUT2D eigenvalue weighted by Gasteiger charge is 2.08. The summed E-state index contributed by atoms with van der Waals surface area (Å²) >= 11 is 0. The molecule has 0 spiro atoms. The van der Waals surface area contributed by atoms with Crippen molar-refractivity contribution < 1.29 is 4.74 Å². The molecule has 0 saturated heterocycles. The first kappa shape index (κ1) is 10.4. The zero-order valence-corrected chi connectivity index (χ0v) is 9.28. The Hall–Kier alpha value is -1.08. The first-order valence-corrected chi connectivity index (χ1v) is 5.70. The van der Waals surface area contributed by atoms with Gasteiger partial charge < -0.3 is 4.74 Å². The number of rotatable bonds is 3. The second-order valence-corrected chi connectivity index (χ2v) is 4.14. The average Bonchev–Trinajstić information content (AvgIpc) is 2.28. The Morgan fingerprint density at radius 1 is 1.20 bits per heavy atom. The Kier molecular flexibility index (Phi) is 3.57. The summed E-state index contributed by atoms with van der Waals surface area (Å²) in [5, 5.41) is 0. The smallest absolute Gasteiger partial charge is 0.0730 e. The van der Waals surface area contributed by atoms with Crippen LogP contribution in [0, 0.1) is 0 Å². The lowest BCUT2D eigenvalue weighted by atomic mass is 10.00. The summed E-state index contributed by atoms with van der Waals surface area (Å²) in [4.78, 5) is 0. The van der Waals surface area contributed by atoms with Gasteiger partial charge in [0.25, 0.3) is 0 Å². The maximum atomic E-state index is 5.48. The van der Waals surface area contributed by atoms with Crippen LogP contribution in [-0.4, -0.2) is 12.7 Å². The van der Waals surface area contributed by atoms with Crippen LogP contribution in [-0.2, 0) is 11.2 Å². The standard InChI is InChI=1S/C14H18O/c1-12-11-14(9-10-15-12)8-7-13-5-3-2-4-6-13/h2-6,11-12H,7-10H2,1H3. The van der Waals surface area contributed by atoms with Crippen LogP contribution >= 0.6 is 0 Å². The second kappa shape index (κ2) is 5.13. The molecule has 0 N–H and O–H groups in total. The lowest BCUT2D eigenvalue weighted by Crippen LogP contribution is -2.13. The summed E-state index contributed by atoms with van der Waals surface area (Å²) in [6.45, 7) is 3.00. The van der Waals surface area contributed by atoms with Gasteiger partial charge in [0.1, 0.15) is 0 Å². The van der Waals surface area contributed by atoms with Crippen LogP contribution in [0.5, 0.6) is 0 Å². The molecule has 2 rings (SSSR count). The molecule has 1 unspecified atom stereocenters. The normalized spacial score (nSPS) is 21.1. The van der Waals surface area contributed by atoms with Crippen molar-refractivity contribution in [3.63, 3.8) is 0 Å². The highest BCUT2D eigenvalue weighted by molar-refractivity contribution is 5.17. The van der Waals surface area contributed by atoms with E-state index in [0.717, 1.165) is 19.4 Å². The van der Waals surface area contributed by atoms with Crippen LogP contribution in [0.4, 0.5) is 0 Å². The molecule has 1 aliphatic heterocycles. The van der Waals surface area contributed by atoms with Gasteiger partial charge in [-0.05, 0) is 31.7 Å². The van der Waals surface area contributed by atoms with Crippen molar-refractivity contribution in [3.05, 3.63) is 47.5 Å². The summed E-state index contributed by atoms with van der Waals surface area (Å²) in [7, 11) is 0. The van der Waals surface area contributed by atoms with Crippen LogP contribution in [0.3, 0.4) is 0 Å². The topological polar surface area (TPSA) is 9.23 Å². The summed E-state index contributed by atoms with van der Waals surface area (Å²) in [5.41, 5.74) is 2.98. The second-order valence-electron chi connectivity index (χ2n) is 4.14. The van der Waals surface area contributed by atoms with E-state index in [2.05, 4.69) is 43.3 Å². The van der Waals surface area contributed by atoms with E-state index in [1.54, 1.807) is 5.57 Å². The minimum atomic E-state index is 0.310. The van der Waals surface area contributed by atoms with Gasteiger partial charge in [-0.15, -0.1) is 0 Å². The maximum Gasteiger partial charge on any atom is 0.0730 e. The van der Waals surface area contributed by atoms with E-state index < -0.39 is 0 Å². The first-order valence-electron chi connectivity index (χ1n) is 5.70. The summed E-state index contributed by atoms with van der Waals surface area (Å²) in [6.07, 6.45) is 6.02. The lowest BCUT2D eigenvalue weighted by molar-refractivity contribution is 0.0882. The molecular formula is C14H18O. The molecule has 1 atom stereocenters. The average molecular weight is 202 g/mol. The first-order chi connectivity index (χ1) is 7.34. The summed E-state index contributed by atoms with van der Waals surface area (Å²) in [6, 6.07) is 10.7. The van der Waals surface area contributed by atoms with Crippen molar-refractivity contribution in [2.45, 2.75) is 32.3 Å². The molecule has 0 fully saturated rings. The molecule has 1 aromatic carbocycles. The van der Waals surface area contributed by atoms with Crippen molar-refractivity contribution >= 4 is 0 Å². The molecule has 0 bridgehead atoms. The van der Waals surface area contributed by atoms with Crippen LogP contribution in [0.1, 0.15) is 25.3 Å². The van der Waals surface area contributed by atoms with Crippen molar-refractivity contribution in [2.24, 2.45) is 0 Å². The third-order valence-corrected chi connectivity index (χ3v) is 2.85. The van der Waals surface area contributed by atoms with E-state index in [4.69, 9.17) is 4.74 Å². The van der Waals surface area contributed by atoms with Crippen molar-refractivity contribution in [2.75, 3.05) is 6.61 Å². The monoisotopic (exact) mass is 202 g/mol. The highest BCUT2D eigenvalue weighted by Crippen LogP contribution is 2.18. The SMILES string of the molecule is CC1C=C(CCc2ccccc2)CCO1. The van der Waals surface area contributed by atoms with Crippen molar-refractivity contribution in [1.29, 1.82) is 0 Å². The minimum Gasteiger partial charge on any atom is -0.374 e. The molecule has 1 aliphatic rings. The van der Waals surface area contributed by atoms with Gasteiger partial charge in [0, 0.05) is 0 Å². The third kappa shape index (κ3) is 3.21. The fourth-order valence-electron chi connectivity index (χ4n) is 2.00. The molecule has 0 radical (unpaired) electrons. The fraction of sp³-hybridized carbons (Fsp3) is 0.429. The van der Waals surface area contributed by atoms with Crippen LogP contribution < -0.4 is 0 Å². The molecule has 15 heavy (non-hydrogen) atoms. The number of ether oxygens (including phenoxy) is 1. The molecule has 1 aromatic rings. The van der Waals surface area contributed by atoms with Crippen molar-refractivity contribution in [3.8, 4) is 0 Å². The van der Waals surface area contributed by atoms with Crippen LogP contribution in [0.2, 0.25) is 0 Å². The van der Waals surface area contributed by atoms with Crippen LogP contribution in [0.25, 0.3) is 0 Å². The Morgan fingerprint density at radius 2 is 2.00 bits per heavy atom. The summed E-state index contributed by atoms with van der Waals surface area (Å²) in [5.74, 6) is 0. The van der Waals surface area contributed by atoms with Gasteiger partial charge in [0.15, 0.2) is 0 Å². The molecule has 80 valence electrons. The number of hydrogen-bond acceptors (Lipinski definition) is 1. The van der Waals surface area contributed by atoms with Gasteiger partial charge in [0.2, 0.25) is 0 Å². The Balaban J connectivity index is 1.88. The van der Waals surface area contributed by atoms with Crippen LogP contribution in [0.15, 0.2) is 42.0 Å². The van der Waals surface area contributed by atoms with Gasteiger partial charge in [-0.2, -0.15) is 0 Å². The number of aryl methyl sites for hydroxylation is 1. The molecule has 0 saturated carbocycles. The lowest BCUT2D eigenvalue weighted by Gasteiger charge is -2.18. The Labute approximate surface area is 91.8 Å². The van der Waals surface area contributed by atoms with E-state index >= 15 is 0 Å². The molecule has 0 aliphatic carbocycles. The zero-order valence-electron chi connectivity index (χ0n) is 9.28. The molecule has 1 heterocycles.